The minimum atomic E-state index is -0.0484. The molecule has 0 saturated carbocycles. The molecule has 0 aliphatic carbocycles. The fourth-order valence-electron chi connectivity index (χ4n) is 4.99. The summed E-state index contributed by atoms with van der Waals surface area (Å²) in [6, 6.07) is 19.2. The molecule has 2 aliphatic rings. The summed E-state index contributed by atoms with van der Waals surface area (Å²) in [4.78, 5) is 15.3. The second-order valence-electron chi connectivity index (χ2n) is 8.95. The van der Waals surface area contributed by atoms with Crippen molar-refractivity contribution < 1.29 is 14.6 Å². The highest BCUT2D eigenvalue weighted by Crippen LogP contribution is 2.46. The van der Waals surface area contributed by atoms with Gasteiger partial charge in [-0.05, 0) is 48.2 Å². The molecule has 5 nitrogen and oxygen atoms in total. The summed E-state index contributed by atoms with van der Waals surface area (Å²) in [6.07, 6.45) is 1.72. The molecule has 3 aromatic carbocycles. The van der Waals surface area contributed by atoms with Crippen LogP contribution in [0.5, 0.6) is 5.75 Å². The highest BCUT2D eigenvalue weighted by atomic mass is 35.5. The van der Waals surface area contributed by atoms with Gasteiger partial charge in [-0.2, -0.15) is 0 Å². The van der Waals surface area contributed by atoms with Crippen molar-refractivity contribution in [2.75, 3.05) is 19.7 Å². The number of carbonyl (C=O) groups is 1. The quantitative estimate of drug-likeness (QED) is 0.587. The van der Waals surface area contributed by atoms with Gasteiger partial charge in [0.15, 0.2) is 0 Å². The van der Waals surface area contributed by atoms with Crippen molar-refractivity contribution in [1.29, 1.82) is 0 Å². The van der Waals surface area contributed by atoms with Crippen molar-refractivity contribution >= 4 is 30.5 Å². The predicted molar refractivity (Wildman–Crippen MR) is 133 cm³/mol. The van der Waals surface area contributed by atoms with Gasteiger partial charge in [-0.15, -0.1) is 0 Å². The van der Waals surface area contributed by atoms with Crippen molar-refractivity contribution in [1.82, 2.24) is 4.90 Å². The van der Waals surface area contributed by atoms with Crippen LogP contribution in [0.1, 0.15) is 34.3 Å². The Morgan fingerprint density at radius 1 is 1.12 bits per heavy atom. The van der Waals surface area contributed by atoms with Crippen molar-refractivity contribution in [2.45, 2.75) is 24.8 Å². The van der Waals surface area contributed by atoms with E-state index in [4.69, 9.17) is 22.1 Å². The lowest BCUT2D eigenvalue weighted by Crippen LogP contribution is -2.46. The van der Waals surface area contributed by atoms with E-state index in [1.165, 1.54) is 5.56 Å². The molecule has 5 rings (SSSR count). The molecule has 0 unspecified atom stereocenters. The Balaban J connectivity index is 1.35. The van der Waals surface area contributed by atoms with Crippen molar-refractivity contribution in [2.24, 2.45) is 5.73 Å². The number of hydrogen-bond acceptors (Lipinski definition) is 4. The molecule has 0 aromatic heterocycles. The summed E-state index contributed by atoms with van der Waals surface area (Å²) in [5.41, 5.74) is 11.2. The number of halogens is 1. The van der Waals surface area contributed by atoms with Gasteiger partial charge in [0.2, 0.25) is 0 Å². The maximum absolute atomic E-state index is 13.4. The maximum atomic E-state index is 13.4. The van der Waals surface area contributed by atoms with E-state index < -0.39 is 0 Å². The largest absolute Gasteiger partial charge is 0.492 e. The van der Waals surface area contributed by atoms with Crippen LogP contribution in [0.3, 0.4) is 0 Å². The Bertz CT molecular complexity index is 1210. The first-order chi connectivity index (χ1) is 16.0. The van der Waals surface area contributed by atoms with Gasteiger partial charge in [-0.1, -0.05) is 53.5 Å². The van der Waals surface area contributed by atoms with Gasteiger partial charge in [-0.3, -0.25) is 4.79 Å². The van der Waals surface area contributed by atoms with Crippen LogP contribution in [0.15, 0.2) is 60.7 Å². The fourth-order valence-corrected chi connectivity index (χ4v) is 5.22. The molecule has 3 N–H and O–H groups in total. The summed E-state index contributed by atoms with van der Waals surface area (Å²) < 4.78 is 5.99. The van der Waals surface area contributed by atoms with Crippen LogP contribution >= 0.6 is 11.6 Å². The van der Waals surface area contributed by atoms with Gasteiger partial charge >= 0.3 is 7.48 Å². The lowest BCUT2D eigenvalue weighted by molar-refractivity contribution is 0.0646. The Morgan fingerprint density at radius 3 is 2.70 bits per heavy atom. The van der Waals surface area contributed by atoms with Crippen LogP contribution in [0.4, 0.5) is 0 Å². The number of rotatable bonds is 4. The van der Waals surface area contributed by atoms with Gasteiger partial charge in [0.05, 0.1) is 6.61 Å². The first kappa shape index (κ1) is 22.0. The zero-order valence-corrected chi connectivity index (χ0v) is 19.1. The third kappa shape index (κ3) is 4.03. The summed E-state index contributed by atoms with van der Waals surface area (Å²) in [7, 11) is -0.0424. The second-order valence-corrected chi connectivity index (χ2v) is 9.36. The van der Waals surface area contributed by atoms with E-state index in [1.807, 2.05) is 47.4 Å². The lowest BCUT2D eigenvalue weighted by Gasteiger charge is -2.38. The lowest BCUT2D eigenvalue weighted by atomic mass is 9.74. The van der Waals surface area contributed by atoms with Crippen molar-refractivity contribution in [3.8, 4) is 16.9 Å². The third-order valence-electron chi connectivity index (χ3n) is 7.00. The first-order valence-corrected chi connectivity index (χ1v) is 11.7. The number of carbonyl (C=O) groups excluding carboxylic acids is 1. The number of nitrogens with zero attached hydrogens (tertiary/aromatic N) is 1. The van der Waals surface area contributed by atoms with Crippen LogP contribution in [-0.2, 0) is 12.0 Å². The fraction of sp³-hybridized carbons (Fsp3) is 0.269. The summed E-state index contributed by atoms with van der Waals surface area (Å²) in [5.74, 6) is 0.954. The zero-order chi connectivity index (χ0) is 23.0. The predicted octanol–water partition coefficient (Wildman–Crippen LogP) is 3.00. The van der Waals surface area contributed by atoms with Crippen LogP contribution in [0.25, 0.3) is 11.1 Å². The molecule has 1 spiro atoms. The molecule has 7 heteroatoms. The molecule has 1 saturated heterocycles. The molecule has 1 amide bonds. The Labute approximate surface area is 199 Å². The number of ether oxygens (including phenoxy) is 1. The van der Waals surface area contributed by atoms with E-state index in [2.05, 4.69) is 6.07 Å². The summed E-state index contributed by atoms with van der Waals surface area (Å²) in [5, 5.41) is 10.0. The maximum Gasteiger partial charge on any atom is 0.304 e. The van der Waals surface area contributed by atoms with Crippen LogP contribution in [-0.4, -0.2) is 43.0 Å². The van der Waals surface area contributed by atoms with Gasteiger partial charge in [0, 0.05) is 46.8 Å². The van der Waals surface area contributed by atoms with Crippen LogP contribution in [0.2, 0.25) is 5.02 Å². The minimum Gasteiger partial charge on any atom is -0.492 e. The molecule has 2 heterocycles. The topological polar surface area (TPSA) is 75.8 Å². The van der Waals surface area contributed by atoms with Crippen LogP contribution < -0.4 is 15.9 Å². The standard InChI is InChI=1S/C26H26BClN2O3/c28-23-6-5-19(14-21(23)18-2-1-3-20(13-18)27-32)25(31)30-10-8-26(9-11-30)16-33-24-7-4-17(15-29)12-22(24)26/h1-7,12-14,27,32H,8-11,15-16,29H2. The van der Waals surface area contributed by atoms with Crippen LogP contribution in [0, 0.1) is 0 Å². The molecule has 2 aliphatic heterocycles. The molecular formula is C26H26BClN2O3. The normalized spacial score (nSPS) is 16.4. The zero-order valence-electron chi connectivity index (χ0n) is 18.4. The van der Waals surface area contributed by atoms with E-state index in [-0.39, 0.29) is 18.8 Å². The third-order valence-corrected chi connectivity index (χ3v) is 7.33. The molecule has 1 fully saturated rings. The SMILES string of the molecule is NCc1ccc2c(c1)C1(CCN(C(=O)c3ccc(Cl)c(-c4cccc(BO)c4)c3)CC1)CO2. The Hall–Kier alpha value is -2.80. The highest BCUT2D eigenvalue weighted by Gasteiger charge is 2.44. The Morgan fingerprint density at radius 2 is 1.94 bits per heavy atom. The number of likely N-dealkylation sites (tertiary alicyclic amines) is 1. The van der Waals surface area contributed by atoms with E-state index in [0.29, 0.717) is 36.8 Å². The average molecular weight is 461 g/mol. The molecule has 33 heavy (non-hydrogen) atoms. The second kappa shape index (κ2) is 8.86. The number of hydrogen-bond donors (Lipinski definition) is 2. The number of nitrogens with two attached hydrogens (primary N) is 1. The highest BCUT2D eigenvalue weighted by molar-refractivity contribution is 6.45. The number of piperidine rings is 1. The molecule has 0 bridgehead atoms. The van der Waals surface area contributed by atoms with Crippen molar-refractivity contribution in [3.05, 3.63) is 82.4 Å². The number of fused-ring (bicyclic) bond motifs is 2. The van der Waals surface area contributed by atoms with E-state index >= 15 is 0 Å². The molecule has 0 radical (unpaired) electrons. The van der Waals surface area contributed by atoms with Gasteiger partial charge in [0.25, 0.3) is 5.91 Å². The smallest absolute Gasteiger partial charge is 0.304 e. The van der Waals surface area contributed by atoms with E-state index in [9.17, 15) is 9.82 Å². The van der Waals surface area contributed by atoms with Crippen molar-refractivity contribution in [3.63, 3.8) is 0 Å². The molecule has 3 aromatic rings. The molecular weight excluding hydrogens is 435 g/mol. The summed E-state index contributed by atoms with van der Waals surface area (Å²) >= 11 is 6.46. The van der Waals surface area contributed by atoms with E-state index in [1.54, 1.807) is 12.1 Å². The van der Waals surface area contributed by atoms with Gasteiger partial charge in [0.1, 0.15) is 5.75 Å². The monoisotopic (exact) mass is 460 g/mol. The number of benzene rings is 3. The Kier molecular flexibility index (Phi) is 5.91. The molecule has 168 valence electrons. The molecule has 0 atom stereocenters. The van der Waals surface area contributed by atoms with Gasteiger partial charge in [-0.25, -0.2) is 0 Å². The summed E-state index contributed by atoms with van der Waals surface area (Å²) in [6.45, 7) is 2.51. The average Bonchev–Trinajstić information content (AvgIpc) is 3.21. The van der Waals surface area contributed by atoms with Gasteiger partial charge < -0.3 is 20.4 Å². The number of amides is 1. The minimum absolute atomic E-state index is 0.0101. The first-order valence-electron chi connectivity index (χ1n) is 11.3. The van der Waals surface area contributed by atoms with E-state index in [0.717, 1.165) is 40.7 Å².